The molecular formula is C27H28N4O3. The van der Waals surface area contributed by atoms with Crippen molar-refractivity contribution >= 4 is 29.2 Å². The van der Waals surface area contributed by atoms with Gasteiger partial charge in [0, 0.05) is 23.5 Å². The molecule has 1 saturated heterocycles. The van der Waals surface area contributed by atoms with Gasteiger partial charge in [0.1, 0.15) is 6.04 Å². The number of carbonyl (C=O) groups excluding carboxylic acids is 3. The fraction of sp³-hybridized carbons (Fsp3) is 0.222. The number of amides is 4. The zero-order valence-electron chi connectivity index (χ0n) is 19.3. The van der Waals surface area contributed by atoms with Gasteiger partial charge in [0.05, 0.1) is 0 Å². The molecule has 1 fully saturated rings. The Kier molecular flexibility index (Phi) is 6.63. The molecular weight excluding hydrogens is 428 g/mol. The number of nitrogens with zero attached hydrogens (tertiary/aromatic N) is 1. The lowest BCUT2D eigenvalue weighted by Crippen LogP contribution is -2.53. The zero-order valence-corrected chi connectivity index (χ0v) is 19.3. The van der Waals surface area contributed by atoms with Crippen molar-refractivity contribution in [1.82, 2.24) is 5.32 Å². The van der Waals surface area contributed by atoms with Crippen molar-refractivity contribution in [1.29, 1.82) is 0 Å². The zero-order chi connectivity index (χ0) is 24.2. The van der Waals surface area contributed by atoms with Gasteiger partial charge in [-0.25, -0.2) is 4.79 Å². The van der Waals surface area contributed by atoms with Gasteiger partial charge in [0.25, 0.3) is 0 Å². The fourth-order valence-electron chi connectivity index (χ4n) is 4.31. The molecule has 0 radical (unpaired) electrons. The van der Waals surface area contributed by atoms with Crippen molar-refractivity contribution in [2.45, 2.75) is 32.7 Å². The van der Waals surface area contributed by atoms with Gasteiger partial charge in [0.2, 0.25) is 11.8 Å². The summed E-state index contributed by atoms with van der Waals surface area (Å²) in [5.41, 5.74) is 11.1. The molecule has 1 heterocycles. The maximum absolute atomic E-state index is 13.1. The normalized spacial score (nSPS) is 15.6. The topological polar surface area (TPSA) is 105 Å². The molecule has 1 aliphatic heterocycles. The minimum Gasteiger partial charge on any atom is -0.366 e. The van der Waals surface area contributed by atoms with E-state index >= 15 is 0 Å². The van der Waals surface area contributed by atoms with Crippen molar-refractivity contribution in [2.24, 2.45) is 5.73 Å². The van der Waals surface area contributed by atoms with Gasteiger partial charge in [-0.1, -0.05) is 48.0 Å². The van der Waals surface area contributed by atoms with Crippen molar-refractivity contribution in [3.8, 4) is 11.1 Å². The summed E-state index contributed by atoms with van der Waals surface area (Å²) in [7, 11) is 0. The van der Waals surface area contributed by atoms with Crippen LogP contribution < -0.4 is 21.3 Å². The number of nitrogens with one attached hydrogen (secondary N) is 2. The summed E-state index contributed by atoms with van der Waals surface area (Å²) in [5, 5.41) is 5.66. The van der Waals surface area contributed by atoms with Crippen molar-refractivity contribution in [3.63, 3.8) is 0 Å². The molecule has 0 aliphatic carbocycles. The Balaban J connectivity index is 1.46. The highest BCUT2D eigenvalue weighted by molar-refractivity contribution is 6.02. The lowest BCUT2D eigenvalue weighted by Gasteiger charge is -2.32. The van der Waals surface area contributed by atoms with E-state index in [1.54, 1.807) is 17.0 Å². The summed E-state index contributed by atoms with van der Waals surface area (Å²) in [6.07, 6.45) is 1.35. The van der Waals surface area contributed by atoms with Crippen molar-refractivity contribution in [3.05, 3.63) is 83.4 Å². The van der Waals surface area contributed by atoms with E-state index in [4.69, 9.17) is 5.73 Å². The summed E-state index contributed by atoms with van der Waals surface area (Å²) >= 11 is 0. The standard InChI is InChI=1S/C27H28N4O3/c1-17-9-14-23(18(2)16-17)29-27(34)30-24-8-5-15-31(26(24)33)20-12-10-19(11-13-20)21-6-3-4-7-22(21)25(28)32/h3-4,6-7,9-14,16,24H,5,8,15H2,1-2H3,(H2,28,32)(H2,29,30,34)/t24-/m1/s1. The molecule has 0 spiro atoms. The number of hydrogen-bond acceptors (Lipinski definition) is 3. The first kappa shape index (κ1) is 23.0. The van der Waals surface area contributed by atoms with Crippen LogP contribution >= 0.6 is 0 Å². The average Bonchev–Trinajstić information content (AvgIpc) is 2.82. The highest BCUT2D eigenvalue weighted by atomic mass is 16.2. The van der Waals surface area contributed by atoms with Gasteiger partial charge in [0.15, 0.2) is 0 Å². The molecule has 0 unspecified atom stereocenters. The maximum atomic E-state index is 13.1. The third-order valence-corrected chi connectivity index (χ3v) is 6.06. The van der Waals surface area contributed by atoms with Gasteiger partial charge in [-0.15, -0.1) is 0 Å². The lowest BCUT2D eigenvalue weighted by molar-refractivity contribution is -0.121. The highest BCUT2D eigenvalue weighted by Crippen LogP contribution is 2.28. The Labute approximate surface area is 199 Å². The summed E-state index contributed by atoms with van der Waals surface area (Å²) in [6, 6.07) is 19.4. The highest BCUT2D eigenvalue weighted by Gasteiger charge is 2.31. The van der Waals surface area contributed by atoms with Gasteiger partial charge >= 0.3 is 6.03 Å². The molecule has 4 rings (SSSR count). The number of aryl methyl sites for hydroxylation is 2. The molecule has 0 aromatic heterocycles. The van der Waals surface area contributed by atoms with Crippen LogP contribution in [0.2, 0.25) is 0 Å². The Hall–Kier alpha value is -4.13. The predicted molar refractivity (Wildman–Crippen MR) is 134 cm³/mol. The van der Waals surface area contributed by atoms with Crippen molar-refractivity contribution in [2.75, 3.05) is 16.8 Å². The SMILES string of the molecule is Cc1ccc(NC(=O)N[C@@H]2CCCN(c3ccc(-c4ccccc4C(N)=O)cc3)C2=O)c(C)c1. The van der Waals surface area contributed by atoms with Crippen LogP contribution in [0.25, 0.3) is 11.1 Å². The number of nitrogens with two attached hydrogens (primary N) is 1. The van der Waals surface area contributed by atoms with Crippen LogP contribution in [-0.4, -0.2) is 30.4 Å². The number of carbonyl (C=O) groups is 3. The van der Waals surface area contributed by atoms with Crippen molar-refractivity contribution < 1.29 is 14.4 Å². The number of rotatable bonds is 5. The Morgan fingerprint density at radius 3 is 2.44 bits per heavy atom. The van der Waals surface area contributed by atoms with Gasteiger partial charge in [-0.05, 0) is 67.6 Å². The van der Waals surface area contributed by atoms with Crippen LogP contribution in [-0.2, 0) is 4.79 Å². The predicted octanol–water partition coefficient (Wildman–Crippen LogP) is 4.39. The third-order valence-electron chi connectivity index (χ3n) is 6.06. The van der Waals surface area contributed by atoms with E-state index < -0.39 is 18.0 Å². The number of anilines is 2. The average molecular weight is 457 g/mol. The number of piperidine rings is 1. The minimum absolute atomic E-state index is 0.146. The molecule has 4 amide bonds. The second-order valence-corrected chi connectivity index (χ2v) is 8.56. The van der Waals surface area contributed by atoms with E-state index in [2.05, 4.69) is 10.6 Å². The second-order valence-electron chi connectivity index (χ2n) is 8.56. The first-order valence-corrected chi connectivity index (χ1v) is 11.3. The summed E-state index contributed by atoms with van der Waals surface area (Å²) < 4.78 is 0. The Morgan fingerprint density at radius 2 is 1.74 bits per heavy atom. The quantitative estimate of drug-likeness (QED) is 0.530. The van der Waals surface area contributed by atoms with E-state index in [-0.39, 0.29) is 5.91 Å². The van der Waals surface area contributed by atoms with Gasteiger partial charge in [-0.3, -0.25) is 9.59 Å². The summed E-state index contributed by atoms with van der Waals surface area (Å²) in [4.78, 5) is 39.2. The van der Waals surface area contributed by atoms with E-state index in [9.17, 15) is 14.4 Å². The largest absolute Gasteiger partial charge is 0.366 e. The van der Waals surface area contributed by atoms with Crippen LogP contribution in [0.4, 0.5) is 16.2 Å². The molecule has 1 aliphatic rings. The molecule has 7 heteroatoms. The smallest absolute Gasteiger partial charge is 0.319 e. The third kappa shape index (κ3) is 4.93. The summed E-state index contributed by atoms with van der Waals surface area (Å²) in [5.74, 6) is -0.633. The minimum atomic E-state index is -0.602. The molecule has 4 N–H and O–H groups in total. The summed E-state index contributed by atoms with van der Waals surface area (Å²) in [6.45, 7) is 4.50. The first-order chi connectivity index (χ1) is 16.3. The Morgan fingerprint density at radius 1 is 1.00 bits per heavy atom. The lowest BCUT2D eigenvalue weighted by atomic mass is 9.98. The number of primary amides is 1. The van der Waals surface area contributed by atoms with E-state index in [0.717, 1.165) is 40.0 Å². The van der Waals surface area contributed by atoms with Crippen LogP contribution in [0, 0.1) is 13.8 Å². The molecule has 174 valence electrons. The molecule has 1 atom stereocenters. The molecule has 3 aromatic carbocycles. The number of urea groups is 1. The first-order valence-electron chi connectivity index (χ1n) is 11.3. The van der Waals surface area contributed by atoms with Crippen LogP contribution in [0.1, 0.15) is 34.3 Å². The monoisotopic (exact) mass is 456 g/mol. The van der Waals surface area contributed by atoms with Gasteiger partial charge < -0.3 is 21.3 Å². The van der Waals surface area contributed by atoms with E-state index in [1.165, 1.54) is 0 Å². The molecule has 0 bridgehead atoms. The number of benzene rings is 3. The molecule has 34 heavy (non-hydrogen) atoms. The molecule has 3 aromatic rings. The fourth-order valence-corrected chi connectivity index (χ4v) is 4.31. The van der Waals surface area contributed by atoms with Gasteiger partial charge in [-0.2, -0.15) is 0 Å². The van der Waals surface area contributed by atoms with Crippen LogP contribution in [0.15, 0.2) is 66.7 Å². The van der Waals surface area contributed by atoms with Crippen LogP contribution in [0.3, 0.4) is 0 Å². The molecule has 7 nitrogen and oxygen atoms in total. The van der Waals surface area contributed by atoms with E-state index in [1.807, 2.05) is 68.4 Å². The molecule has 0 saturated carbocycles. The maximum Gasteiger partial charge on any atom is 0.319 e. The van der Waals surface area contributed by atoms with E-state index in [0.29, 0.717) is 18.5 Å². The van der Waals surface area contributed by atoms with Crippen LogP contribution in [0.5, 0.6) is 0 Å². The number of hydrogen-bond donors (Lipinski definition) is 3. The Bertz CT molecular complexity index is 1240. The second kappa shape index (κ2) is 9.79.